The minimum atomic E-state index is 0.144. The highest BCUT2D eigenvalue weighted by Crippen LogP contribution is 2.13. The zero-order chi connectivity index (χ0) is 9.68. The highest BCUT2D eigenvalue weighted by molar-refractivity contribution is 5.95. The highest BCUT2D eigenvalue weighted by atomic mass is 16.5. The van der Waals surface area contributed by atoms with Gasteiger partial charge in [0.1, 0.15) is 5.75 Å². The van der Waals surface area contributed by atoms with Crippen LogP contribution in [0.15, 0.2) is 37.1 Å². The van der Waals surface area contributed by atoms with Crippen LogP contribution in [0.3, 0.4) is 0 Å². The molecule has 0 fully saturated rings. The number of hydrogen-bond donors (Lipinski definition) is 0. The van der Waals surface area contributed by atoms with E-state index < -0.39 is 0 Å². The summed E-state index contributed by atoms with van der Waals surface area (Å²) < 4.78 is 5.03. The van der Waals surface area contributed by atoms with Crippen molar-refractivity contribution in [2.45, 2.75) is 13.3 Å². The van der Waals surface area contributed by atoms with Crippen molar-refractivity contribution in [3.8, 4) is 5.75 Å². The molecule has 0 N–H and O–H groups in total. The molecule has 1 aromatic carbocycles. The van der Waals surface area contributed by atoms with Crippen molar-refractivity contribution in [2.75, 3.05) is 0 Å². The molecule has 0 aliphatic carbocycles. The largest absolute Gasteiger partial charge is 0.466 e. The van der Waals surface area contributed by atoms with Gasteiger partial charge in [-0.15, -0.1) is 0 Å². The summed E-state index contributed by atoms with van der Waals surface area (Å²) in [6.07, 6.45) is 1.89. The van der Waals surface area contributed by atoms with E-state index in [9.17, 15) is 4.79 Å². The molecule has 2 nitrogen and oxygen atoms in total. The zero-order valence-electron chi connectivity index (χ0n) is 7.62. The van der Waals surface area contributed by atoms with E-state index in [0.717, 1.165) is 5.56 Å². The van der Waals surface area contributed by atoms with Crippen LogP contribution in [-0.4, -0.2) is 5.78 Å². The molecule has 0 bridgehead atoms. The van der Waals surface area contributed by atoms with Crippen molar-refractivity contribution in [3.05, 3.63) is 42.7 Å². The Kier molecular flexibility index (Phi) is 3.26. The molecule has 0 heterocycles. The Morgan fingerprint density at radius 2 is 2.08 bits per heavy atom. The van der Waals surface area contributed by atoms with Gasteiger partial charge in [-0.1, -0.05) is 13.5 Å². The molecule has 0 aliphatic heterocycles. The van der Waals surface area contributed by atoms with Gasteiger partial charge in [0.2, 0.25) is 0 Å². The summed E-state index contributed by atoms with van der Waals surface area (Å²) >= 11 is 0. The summed E-state index contributed by atoms with van der Waals surface area (Å²) in [7, 11) is 0. The topological polar surface area (TPSA) is 26.3 Å². The van der Waals surface area contributed by atoms with Crippen molar-refractivity contribution < 1.29 is 9.53 Å². The number of rotatable bonds is 4. The third kappa shape index (κ3) is 2.44. The summed E-state index contributed by atoms with van der Waals surface area (Å²) in [6.45, 7) is 5.28. The summed E-state index contributed by atoms with van der Waals surface area (Å²) in [5.74, 6) is 0.841. The molecule has 0 saturated heterocycles. The van der Waals surface area contributed by atoms with Crippen LogP contribution in [0.25, 0.3) is 0 Å². The summed E-state index contributed by atoms with van der Waals surface area (Å²) in [6, 6.07) is 7.02. The fourth-order valence-electron chi connectivity index (χ4n) is 1.02. The molecular weight excluding hydrogens is 164 g/mol. The molecule has 0 atom stereocenters. The Hall–Kier alpha value is -1.57. The number of Topliss-reactive ketones (excluding diaryl/α,β-unsaturated/α-hetero) is 1. The van der Waals surface area contributed by atoms with E-state index in [2.05, 4.69) is 6.58 Å². The number of benzene rings is 1. The lowest BCUT2D eigenvalue weighted by Gasteiger charge is -2.00. The van der Waals surface area contributed by atoms with Gasteiger partial charge in [0.25, 0.3) is 0 Å². The molecule has 0 radical (unpaired) electrons. The maximum Gasteiger partial charge on any atom is 0.162 e. The van der Waals surface area contributed by atoms with Crippen molar-refractivity contribution in [1.82, 2.24) is 0 Å². The lowest BCUT2D eigenvalue weighted by molar-refractivity contribution is 0.0988. The minimum Gasteiger partial charge on any atom is -0.466 e. The molecule has 1 aromatic rings. The summed E-state index contributed by atoms with van der Waals surface area (Å²) in [5.41, 5.74) is 0.721. The van der Waals surface area contributed by atoms with Gasteiger partial charge in [0.15, 0.2) is 5.78 Å². The van der Waals surface area contributed by atoms with E-state index >= 15 is 0 Å². The number of ether oxygens (including phenoxy) is 1. The van der Waals surface area contributed by atoms with Gasteiger partial charge in [-0.3, -0.25) is 4.79 Å². The van der Waals surface area contributed by atoms with Crippen LogP contribution in [0.1, 0.15) is 23.7 Å². The summed E-state index contributed by atoms with van der Waals surface area (Å²) in [4.78, 5) is 11.2. The molecule has 0 amide bonds. The average molecular weight is 176 g/mol. The molecule has 68 valence electrons. The highest BCUT2D eigenvalue weighted by Gasteiger charge is 2.01. The summed E-state index contributed by atoms with van der Waals surface area (Å²) in [5, 5.41) is 0. The van der Waals surface area contributed by atoms with E-state index in [0.29, 0.717) is 12.2 Å². The number of hydrogen-bond acceptors (Lipinski definition) is 2. The average Bonchev–Trinajstić information content (AvgIpc) is 2.18. The first-order valence-electron chi connectivity index (χ1n) is 4.18. The van der Waals surface area contributed by atoms with Crippen molar-refractivity contribution in [1.29, 1.82) is 0 Å². The lowest BCUT2D eigenvalue weighted by Crippen LogP contribution is -1.95. The molecule has 0 aromatic heterocycles. The Labute approximate surface area is 77.8 Å². The molecule has 1 rings (SSSR count). The maximum absolute atomic E-state index is 11.2. The second kappa shape index (κ2) is 4.45. The molecule has 0 aliphatic rings. The fraction of sp³-hybridized carbons (Fsp3) is 0.182. The van der Waals surface area contributed by atoms with Crippen LogP contribution in [0.5, 0.6) is 5.75 Å². The second-order valence-corrected chi connectivity index (χ2v) is 2.59. The molecule has 0 unspecified atom stereocenters. The maximum atomic E-state index is 11.2. The van der Waals surface area contributed by atoms with E-state index in [-0.39, 0.29) is 5.78 Å². The molecule has 2 heteroatoms. The number of carbonyl (C=O) groups is 1. The van der Waals surface area contributed by atoms with Crippen molar-refractivity contribution in [3.63, 3.8) is 0 Å². The van der Waals surface area contributed by atoms with E-state index in [4.69, 9.17) is 4.74 Å². The Balaban J connectivity index is 2.80. The first-order valence-corrected chi connectivity index (χ1v) is 4.18. The lowest BCUT2D eigenvalue weighted by atomic mass is 10.1. The van der Waals surface area contributed by atoms with Crippen LogP contribution in [-0.2, 0) is 0 Å². The van der Waals surface area contributed by atoms with E-state index in [1.54, 1.807) is 24.3 Å². The molecule has 0 saturated carbocycles. The number of carbonyl (C=O) groups excluding carboxylic acids is 1. The Bertz CT molecular complexity index is 298. The van der Waals surface area contributed by atoms with E-state index in [1.807, 2.05) is 6.92 Å². The SMILES string of the molecule is C=COc1ccc(C(=O)CC)cc1. The standard InChI is InChI=1S/C11H12O2/c1-3-11(12)9-5-7-10(8-6-9)13-4-2/h4-8H,2-3H2,1H3. The Morgan fingerprint density at radius 3 is 2.54 bits per heavy atom. The minimum absolute atomic E-state index is 0.144. The predicted octanol–water partition coefficient (Wildman–Crippen LogP) is 2.80. The molecular formula is C11H12O2. The first kappa shape index (κ1) is 9.52. The van der Waals surface area contributed by atoms with Gasteiger partial charge < -0.3 is 4.74 Å². The first-order chi connectivity index (χ1) is 6.27. The molecule has 13 heavy (non-hydrogen) atoms. The van der Waals surface area contributed by atoms with Crippen LogP contribution >= 0.6 is 0 Å². The van der Waals surface area contributed by atoms with Crippen LogP contribution in [0.4, 0.5) is 0 Å². The van der Waals surface area contributed by atoms with Gasteiger partial charge in [-0.2, -0.15) is 0 Å². The van der Waals surface area contributed by atoms with Gasteiger partial charge in [-0.05, 0) is 24.3 Å². The third-order valence-corrected chi connectivity index (χ3v) is 1.72. The van der Waals surface area contributed by atoms with E-state index in [1.165, 1.54) is 6.26 Å². The van der Waals surface area contributed by atoms with Gasteiger partial charge in [0, 0.05) is 12.0 Å². The normalized spacial score (nSPS) is 9.31. The smallest absolute Gasteiger partial charge is 0.162 e. The van der Waals surface area contributed by atoms with Crippen LogP contribution in [0.2, 0.25) is 0 Å². The zero-order valence-corrected chi connectivity index (χ0v) is 7.62. The van der Waals surface area contributed by atoms with Gasteiger partial charge in [0.05, 0.1) is 6.26 Å². The fourth-order valence-corrected chi connectivity index (χ4v) is 1.02. The third-order valence-electron chi connectivity index (χ3n) is 1.72. The number of ketones is 1. The van der Waals surface area contributed by atoms with Crippen molar-refractivity contribution >= 4 is 5.78 Å². The predicted molar refractivity (Wildman–Crippen MR) is 51.9 cm³/mol. The van der Waals surface area contributed by atoms with Crippen LogP contribution in [0, 0.1) is 0 Å². The van der Waals surface area contributed by atoms with Gasteiger partial charge in [-0.25, -0.2) is 0 Å². The monoisotopic (exact) mass is 176 g/mol. The van der Waals surface area contributed by atoms with Gasteiger partial charge >= 0.3 is 0 Å². The van der Waals surface area contributed by atoms with Crippen LogP contribution < -0.4 is 4.74 Å². The molecule has 0 spiro atoms. The second-order valence-electron chi connectivity index (χ2n) is 2.59. The Morgan fingerprint density at radius 1 is 1.46 bits per heavy atom. The quantitative estimate of drug-likeness (QED) is 0.521. The van der Waals surface area contributed by atoms with Crippen molar-refractivity contribution in [2.24, 2.45) is 0 Å².